The van der Waals surface area contributed by atoms with Gasteiger partial charge in [0.25, 0.3) is 0 Å². The number of piperidine rings is 1. The Labute approximate surface area is 174 Å². The Bertz CT molecular complexity index is 1090. The van der Waals surface area contributed by atoms with E-state index in [0.29, 0.717) is 18.1 Å². The normalized spacial score (nSPS) is 21.0. The molecule has 2 aromatic carbocycles. The summed E-state index contributed by atoms with van der Waals surface area (Å²) in [5, 5.41) is 0. The van der Waals surface area contributed by atoms with Gasteiger partial charge in [-0.3, -0.25) is 0 Å². The highest BCUT2D eigenvalue weighted by Crippen LogP contribution is 2.35. The van der Waals surface area contributed by atoms with Crippen LogP contribution in [0, 0.1) is 11.6 Å². The van der Waals surface area contributed by atoms with Crippen LogP contribution in [0.3, 0.4) is 0 Å². The number of aromatic nitrogens is 2. The molecule has 4 rings (SSSR count). The summed E-state index contributed by atoms with van der Waals surface area (Å²) in [5.41, 5.74) is 6.05. The monoisotopic (exact) mass is 442 g/mol. The van der Waals surface area contributed by atoms with Gasteiger partial charge in [-0.25, -0.2) is 18.2 Å². The fraction of sp³-hybridized carbons (Fsp3) is 0.381. The van der Waals surface area contributed by atoms with Crippen molar-refractivity contribution in [2.24, 2.45) is 5.73 Å². The fourth-order valence-electron chi connectivity index (χ4n) is 3.92. The van der Waals surface area contributed by atoms with E-state index in [0.717, 1.165) is 24.3 Å². The van der Waals surface area contributed by atoms with Crippen molar-refractivity contribution in [1.82, 2.24) is 9.55 Å². The molecule has 0 saturated carbocycles. The Hall–Kier alpha value is -2.75. The van der Waals surface area contributed by atoms with Gasteiger partial charge in [0.05, 0.1) is 28.7 Å². The van der Waals surface area contributed by atoms with Crippen LogP contribution in [0.15, 0.2) is 36.4 Å². The van der Waals surface area contributed by atoms with Gasteiger partial charge < -0.3 is 15.2 Å². The minimum atomic E-state index is -4.47. The SMILES string of the molecule is CC(c1ccc(C(F)(F)F)cc1)n1c(N2CC[C@@H](F)[C@H](N)C2)nc2cc(F)c(F)cc21. The molecule has 0 radical (unpaired) electrons. The number of alkyl halides is 4. The van der Waals surface area contributed by atoms with Gasteiger partial charge in [0.2, 0.25) is 5.95 Å². The lowest BCUT2D eigenvalue weighted by Crippen LogP contribution is -2.50. The van der Waals surface area contributed by atoms with E-state index in [2.05, 4.69) is 4.98 Å². The summed E-state index contributed by atoms with van der Waals surface area (Å²) in [6, 6.07) is 5.26. The molecule has 166 valence electrons. The Morgan fingerprint density at radius 3 is 2.35 bits per heavy atom. The van der Waals surface area contributed by atoms with Gasteiger partial charge >= 0.3 is 6.18 Å². The van der Waals surface area contributed by atoms with E-state index < -0.39 is 41.6 Å². The molecule has 0 aliphatic carbocycles. The van der Waals surface area contributed by atoms with Gasteiger partial charge in [-0.15, -0.1) is 0 Å². The first-order valence-corrected chi connectivity index (χ1v) is 9.75. The average molecular weight is 442 g/mol. The molecule has 1 aliphatic rings. The Kier molecular flexibility index (Phi) is 5.36. The molecule has 1 saturated heterocycles. The van der Waals surface area contributed by atoms with Gasteiger partial charge in [-0.1, -0.05) is 12.1 Å². The highest BCUT2D eigenvalue weighted by atomic mass is 19.4. The molecule has 0 spiro atoms. The second-order valence-corrected chi connectivity index (χ2v) is 7.75. The van der Waals surface area contributed by atoms with Crippen LogP contribution in [0.1, 0.15) is 30.5 Å². The number of hydrogen-bond donors (Lipinski definition) is 1. The van der Waals surface area contributed by atoms with E-state index in [1.807, 2.05) is 0 Å². The molecule has 0 amide bonds. The van der Waals surface area contributed by atoms with Crippen molar-refractivity contribution < 1.29 is 26.3 Å². The Morgan fingerprint density at radius 1 is 1.10 bits per heavy atom. The van der Waals surface area contributed by atoms with Crippen LogP contribution in [0.2, 0.25) is 0 Å². The summed E-state index contributed by atoms with van der Waals surface area (Å²) in [6.07, 6.45) is -5.47. The van der Waals surface area contributed by atoms with Crippen LogP contribution in [0.5, 0.6) is 0 Å². The van der Waals surface area contributed by atoms with Crippen LogP contribution in [-0.4, -0.2) is 34.9 Å². The zero-order valence-corrected chi connectivity index (χ0v) is 16.5. The van der Waals surface area contributed by atoms with Crippen LogP contribution in [-0.2, 0) is 6.18 Å². The van der Waals surface area contributed by atoms with Crippen molar-refractivity contribution in [1.29, 1.82) is 0 Å². The lowest BCUT2D eigenvalue weighted by atomic mass is 10.0. The largest absolute Gasteiger partial charge is 0.416 e. The molecule has 3 aromatic rings. The summed E-state index contributed by atoms with van der Waals surface area (Å²) >= 11 is 0. The maximum atomic E-state index is 14.0. The molecule has 31 heavy (non-hydrogen) atoms. The lowest BCUT2D eigenvalue weighted by Gasteiger charge is -2.35. The molecule has 1 fully saturated rings. The summed E-state index contributed by atoms with van der Waals surface area (Å²) in [7, 11) is 0. The number of hydrogen-bond acceptors (Lipinski definition) is 3. The summed E-state index contributed by atoms with van der Waals surface area (Å²) in [6.45, 7) is 2.16. The lowest BCUT2D eigenvalue weighted by molar-refractivity contribution is -0.137. The molecule has 10 heteroatoms. The van der Waals surface area contributed by atoms with Gasteiger partial charge in [0.1, 0.15) is 6.17 Å². The predicted octanol–water partition coefficient (Wildman–Crippen LogP) is 4.82. The third-order valence-electron chi connectivity index (χ3n) is 5.67. The zero-order valence-electron chi connectivity index (χ0n) is 16.5. The molecule has 2 heterocycles. The number of nitrogens with zero attached hydrogens (tertiary/aromatic N) is 3. The minimum Gasteiger partial charge on any atom is -0.340 e. The number of anilines is 1. The van der Waals surface area contributed by atoms with E-state index >= 15 is 0 Å². The first kappa shape index (κ1) is 21.5. The molecule has 4 nitrogen and oxygen atoms in total. The van der Waals surface area contributed by atoms with Crippen LogP contribution >= 0.6 is 0 Å². The molecule has 1 aliphatic heterocycles. The third-order valence-corrected chi connectivity index (χ3v) is 5.67. The van der Waals surface area contributed by atoms with Crippen molar-refractivity contribution in [3.8, 4) is 0 Å². The number of nitrogens with two attached hydrogens (primary N) is 1. The molecular formula is C21H20F6N4. The zero-order chi connectivity index (χ0) is 22.5. The summed E-state index contributed by atoms with van der Waals surface area (Å²) in [4.78, 5) is 6.16. The van der Waals surface area contributed by atoms with E-state index in [-0.39, 0.29) is 24.0 Å². The third kappa shape index (κ3) is 3.96. The number of rotatable bonds is 3. The standard InChI is InChI=1S/C21H20F6N4/c1-11(12-2-4-13(5-3-12)21(25,26)27)31-19-9-16(24)15(23)8-18(19)29-20(31)30-7-6-14(22)17(28)10-30/h2-5,8-9,11,14,17H,6-7,10,28H2,1H3/t11?,14-,17-/m1/s1. The maximum absolute atomic E-state index is 14.0. The van der Waals surface area contributed by atoms with E-state index in [1.165, 1.54) is 12.1 Å². The van der Waals surface area contributed by atoms with Gasteiger partial charge in [0.15, 0.2) is 11.6 Å². The highest BCUT2D eigenvalue weighted by Gasteiger charge is 2.32. The van der Waals surface area contributed by atoms with Gasteiger partial charge in [-0.2, -0.15) is 13.2 Å². The number of benzene rings is 2. The van der Waals surface area contributed by atoms with E-state index in [4.69, 9.17) is 5.73 Å². The van der Waals surface area contributed by atoms with Crippen molar-refractivity contribution in [2.75, 3.05) is 18.0 Å². The fourth-order valence-corrected chi connectivity index (χ4v) is 3.92. The first-order valence-electron chi connectivity index (χ1n) is 9.75. The molecule has 1 unspecified atom stereocenters. The molecular weight excluding hydrogens is 422 g/mol. The van der Waals surface area contributed by atoms with E-state index in [9.17, 15) is 26.3 Å². The molecule has 0 bridgehead atoms. The molecule has 1 aromatic heterocycles. The second-order valence-electron chi connectivity index (χ2n) is 7.75. The first-order chi connectivity index (χ1) is 14.6. The summed E-state index contributed by atoms with van der Waals surface area (Å²) in [5.74, 6) is -1.81. The second kappa shape index (κ2) is 7.74. The van der Waals surface area contributed by atoms with Gasteiger partial charge in [0, 0.05) is 25.2 Å². The maximum Gasteiger partial charge on any atom is 0.416 e. The number of fused-ring (bicyclic) bond motifs is 1. The average Bonchev–Trinajstić information content (AvgIpc) is 3.07. The molecule has 2 N–H and O–H groups in total. The Balaban J connectivity index is 1.82. The van der Waals surface area contributed by atoms with Crippen LogP contribution in [0.25, 0.3) is 11.0 Å². The van der Waals surface area contributed by atoms with Crippen molar-refractivity contribution >= 4 is 17.0 Å². The van der Waals surface area contributed by atoms with Crippen molar-refractivity contribution in [2.45, 2.75) is 37.8 Å². The van der Waals surface area contributed by atoms with Crippen molar-refractivity contribution in [3.05, 3.63) is 59.2 Å². The Morgan fingerprint density at radius 2 is 1.74 bits per heavy atom. The quantitative estimate of drug-likeness (QED) is 0.592. The predicted molar refractivity (Wildman–Crippen MR) is 105 cm³/mol. The van der Waals surface area contributed by atoms with Crippen molar-refractivity contribution in [3.63, 3.8) is 0 Å². The van der Waals surface area contributed by atoms with Crippen LogP contribution < -0.4 is 10.6 Å². The molecule has 3 atom stereocenters. The highest BCUT2D eigenvalue weighted by molar-refractivity contribution is 5.79. The smallest absolute Gasteiger partial charge is 0.340 e. The summed E-state index contributed by atoms with van der Waals surface area (Å²) < 4.78 is 82.1. The minimum absolute atomic E-state index is 0.148. The van der Waals surface area contributed by atoms with E-state index in [1.54, 1.807) is 16.4 Å². The number of imidazole rings is 1. The topological polar surface area (TPSA) is 47.1 Å². The van der Waals surface area contributed by atoms with Crippen LogP contribution in [0.4, 0.5) is 32.3 Å². The number of halogens is 6. The van der Waals surface area contributed by atoms with Gasteiger partial charge in [-0.05, 0) is 31.0 Å².